The topological polar surface area (TPSA) is 46.9 Å². The van der Waals surface area contributed by atoms with Gasteiger partial charge in [0, 0.05) is 25.0 Å². The molecule has 4 heteroatoms. The van der Waals surface area contributed by atoms with E-state index in [0.29, 0.717) is 5.56 Å². The van der Waals surface area contributed by atoms with Gasteiger partial charge in [-0.05, 0) is 38.0 Å². The van der Waals surface area contributed by atoms with E-state index in [-0.39, 0.29) is 11.4 Å². The number of hydrogen-bond donors (Lipinski definition) is 1. The molecule has 1 aromatic carbocycles. The molecule has 2 heterocycles. The van der Waals surface area contributed by atoms with Crippen LogP contribution in [0.1, 0.15) is 29.8 Å². The monoisotopic (exact) mass is 307 g/mol. The lowest BCUT2D eigenvalue weighted by molar-refractivity contribution is 0.0913. The summed E-state index contributed by atoms with van der Waals surface area (Å²) in [5.41, 5.74) is 3.31. The lowest BCUT2D eigenvalue weighted by Gasteiger charge is -2.26. The van der Waals surface area contributed by atoms with Crippen LogP contribution in [-0.2, 0) is 13.5 Å². The number of amides is 1. The van der Waals surface area contributed by atoms with Crippen LogP contribution < -0.4 is 5.32 Å². The van der Waals surface area contributed by atoms with Crippen LogP contribution in [0.5, 0.6) is 0 Å². The minimum Gasteiger partial charge on any atom is -0.349 e. The minimum atomic E-state index is -0.332. The van der Waals surface area contributed by atoms with E-state index in [1.54, 1.807) is 6.20 Å². The Bertz CT molecular complexity index is 834. The molecule has 0 spiro atoms. The van der Waals surface area contributed by atoms with E-state index in [9.17, 15) is 4.79 Å². The SMILES string of the molecule is Cn1ccc2ncc(C(=O)NC(C)(C)Cc3ccccc3)cc21. The number of benzene rings is 1. The molecule has 0 saturated heterocycles. The van der Waals surface area contributed by atoms with Gasteiger partial charge in [-0.1, -0.05) is 30.3 Å². The molecule has 4 nitrogen and oxygen atoms in total. The van der Waals surface area contributed by atoms with Gasteiger partial charge in [0.1, 0.15) is 0 Å². The van der Waals surface area contributed by atoms with Gasteiger partial charge in [0.2, 0.25) is 0 Å². The fourth-order valence-corrected chi connectivity index (χ4v) is 2.79. The van der Waals surface area contributed by atoms with Crippen LogP contribution in [0.15, 0.2) is 54.9 Å². The maximum Gasteiger partial charge on any atom is 0.253 e. The molecule has 1 amide bonds. The first kappa shape index (κ1) is 15.3. The summed E-state index contributed by atoms with van der Waals surface area (Å²) in [6.45, 7) is 4.07. The number of rotatable bonds is 4. The molecule has 118 valence electrons. The number of carbonyl (C=O) groups excluding carboxylic acids is 1. The van der Waals surface area contributed by atoms with Crippen LogP contribution in [0.3, 0.4) is 0 Å². The molecule has 0 radical (unpaired) electrons. The molecular weight excluding hydrogens is 286 g/mol. The highest BCUT2D eigenvalue weighted by atomic mass is 16.1. The highest BCUT2D eigenvalue weighted by Crippen LogP contribution is 2.16. The van der Waals surface area contributed by atoms with E-state index in [1.165, 1.54) is 5.56 Å². The number of nitrogens with zero attached hydrogens (tertiary/aromatic N) is 2. The van der Waals surface area contributed by atoms with Crippen LogP contribution in [0, 0.1) is 0 Å². The van der Waals surface area contributed by atoms with Crippen molar-refractivity contribution in [1.82, 2.24) is 14.9 Å². The van der Waals surface area contributed by atoms with Gasteiger partial charge in [-0.3, -0.25) is 9.78 Å². The van der Waals surface area contributed by atoms with Crippen LogP contribution in [0.25, 0.3) is 11.0 Å². The Kier molecular flexibility index (Phi) is 3.90. The first-order valence-electron chi connectivity index (χ1n) is 7.72. The number of pyridine rings is 1. The third kappa shape index (κ3) is 3.42. The second-order valence-electron chi connectivity index (χ2n) is 6.56. The summed E-state index contributed by atoms with van der Waals surface area (Å²) in [6, 6.07) is 14.0. The van der Waals surface area contributed by atoms with Gasteiger partial charge in [-0.2, -0.15) is 0 Å². The quantitative estimate of drug-likeness (QED) is 0.803. The van der Waals surface area contributed by atoms with Crippen molar-refractivity contribution in [1.29, 1.82) is 0 Å². The maximum atomic E-state index is 12.6. The third-order valence-corrected chi connectivity index (χ3v) is 3.94. The molecule has 0 saturated carbocycles. The Balaban J connectivity index is 1.77. The molecule has 0 aliphatic carbocycles. The Morgan fingerprint density at radius 1 is 1.22 bits per heavy atom. The summed E-state index contributed by atoms with van der Waals surface area (Å²) in [7, 11) is 1.95. The average molecular weight is 307 g/mol. The number of carbonyl (C=O) groups is 1. The van der Waals surface area contributed by atoms with E-state index >= 15 is 0 Å². The zero-order valence-corrected chi connectivity index (χ0v) is 13.7. The van der Waals surface area contributed by atoms with Crippen molar-refractivity contribution in [3.63, 3.8) is 0 Å². The Morgan fingerprint density at radius 3 is 2.70 bits per heavy atom. The van der Waals surface area contributed by atoms with Gasteiger partial charge in [0.05, 0.1) is 16.6 Å². The van der Waals surface area contributed by atoms with Crippen molar-refractivity contribution < 1.29 is 4.79 Å². The van der Waals surface area contributed by atoms with E-state index in [4.69, 9.17) is 0 Å². The standard InChI is InChI=1S/C19H21N3O/c1-19(2,12-14-7-5-4-6-8-14)21-18(23)15-11-17-16(20-13-15)9-10-22(17)3/h4-11,13H,12H2,1-3H3,(H,21,23). The van der Waals surface area contributed by atoms with Gasteiger partial charge in [-0.25, -0.2) is 0 Å². The molecule has 0 unspecified atom stereocenters. The molecule has 1 N–H and O–H groups in total. The van der Waals surface area contributed by atoms with E-state index in [2.05, 4.69) is 22.4 Å². The van der Waals surface area contributed by atoms with Crippen molar-refractivity contribution in [2.75, 3.05) is 0 Å². The third-order valence-electron chi connectivity index (χ3n) is 3.94. The van der Waals surface area contributed by atoms with Gasteiger partial charge in [-0.15, -0.1) is 0 Å². The molecule has 0 aliphatic rings. The Labute approximate surface area is 136 Å². The summed E-state index contributed by atoms with van der Waals surface area (Å²) in [5, 5.41) is 3.11. The van der Waals surface area contributed by atoms with Crippen molar-refractivity contribution >= 4 is 16.9 Å². The van der Waals surface area contributed by atoms with Crippen LogP contribution >= 0.6 is 0 Å². The smallest absolute Gasteiger partial charge is 0.253 e. The normalized spacial score (nSPS) is 11.6. The number of fused-ring (bicyclic) bond motifs is 1. The minimum absolute atomic E-state index is 0.0958. The first-order chi connectivity index (χ1) is 10.9. The fraction of sp³-hybridized carbons (Fsp3) is 0.263. The predicted molar refractivity (Wildman–Crippen MR) is 92.4 cm³/mol. The summed E-state index contributed by atoms with van der Waals surface area (Å²) in [4.78, 5) is 16.9. The second kappa shape index (κ2) is 5.88. The van der Waals surface area contributed by atoms with Crippen molar-refractivity contribution in [3.05, 3.63) is 66.0 Å². The predicted octanol–water partition coefficient (Wildman–Crippen LogP) is 3.32. The highest BCUT2D eigenvalue weighted by molar-refractivity contribution is 5.97. The number of hydrogen-bond acceptors (Lipinski definition) is 2. The summed E-state index contributed by atoms with van der Waals surface area (Å²) < 4.78 is 1.97. The molecule has 0 atom stereocenters. The first-order valence-corrected chi connectivity index (χ1v) is 7.72. The van der Waals surface area contributed by atoms with Crippen LogP contribution in [0.4, 0.5) is 0 Å². The van der Waals surface area contributed by atoms with Crippen LogP contribution in [0.2, 0.25) is 0 Å². The van der Waals surface area contributed by atoms with Gasteiger partial charge in [0.25, 0.3) is 5.91 Å². The maximum absolute atomic E-state index is 12.6. The zero-order chi connectivity index (χ0) is 16.4. The van der Waals surface area contributed by atoms with E-state index in [0.717, 1.165) is 17.5 Å². The van der Waals surface area contributed by atoms with Gasteiger partial charge in [0.15, 0.2) is 0 Å². The number of nitrogens with one attached hydrogen (secondary N) is 1. The summed E-state index contributed by atoms with van der Waals surface area (Å²) in [6.07, 6.45) is 4.36. The fourth-order valence-electron chi connectivity index (χ4n) is 2.79. The molecule has 0 bridgehead atoms. The molecule has 3 aromatic rings. The van der Waals surface area contributed by atoms with Crippen LogP contribution in [-0.4, -0.2) is 21.0 Å². The highest BCUT2D eigenvalue weighted by Gasteiger charge is 2.22. The molecule has 23 heavy (non-hydrogen) atoms. The largest absolute Gasteiger partial charge is 0.349 e. The molecular formula is C19H21N3O. The van der Waals surface area contributed by atoms with Gasteiger partial charge < -0.3 is 9.88 Å². The lowest BCUT2D eigenvalue weighted by Crippen LogP contribution is -2.45. The van der Waals surface area contributed by atoms with E-state index < -0.39 is 0 Å². The molecule has 3 rings (SSSR count). The zero-order valence-electron chi connectivity index (χ0n) is 13.7. The molecule has 2 aromatic heterocycles. The average Bonchev–Trinajstić information content (AvgIpc) is 2.88. The van der Waals surface area contributed by atoms with Gasteiger partial charge >= 0.3 is 0 Å². The van der Waals surface area contributed by atoms with Crippen molar-refractivity contribution in [3.8, 4) is 0 Å². The number of aryl methyl sites for hydroxylation is 1. The van der Waals surface area contributed by atoms with E-state index in [1.807, 2.05) is 62.0 Å². The Hall–Kier alpha value is -2.62. The number of aromatic nitrogens is 2. The second-order valence-corrected chi connectivity index (χ2v) is 6.56. The summed E-state index contributed by atoms with van der Waals surface area (Å²) >= 11 is 0. The summed E-state index contributed by atoms with van der Waals surface area (Å²) in [5.74, 6) is -0.0958. The molecule has 0 aliphatic heterocycles. The van der Waals surface area contributed by atoms with Crippen molar-refractivity contribution in [2.45, 2.75) is 25.8 Å². The Morgan fingerprint density at radius 2 is 1.96 bits per heavy atom. The van der Waals surface area contributed by atoms with Crippen molar-refractivity contribution in [2.24, 2.45) is 7.05 Å². The lowest BCUT2D eigenvalue weighted by atomic mass is 9.94. The molecule has 0 fully saturated rings.